The van der Waals surface area contributed by atoms with Gasteiger partial charge in [-0.2, -0.15) is 13.2 Å². The lowest BCUT2D eigenvalue weighted by molar-refractivity contribution is -0.140. The van der Waals surface area contributed by atoms with E-state index in [-0.39, 0.29) is 0 Å². The molecular formula is C33H25F3N2O3. The molecule has 0 saturated heterocycles. The Bertz CT molecular complexity index is 1720. The molecule has 0 bridgehead atoms. The maximum atomic E-state index is 13.0. The predicted molar refractivity (Wildman–Crippen MR) is 148 cm³/mol. The first kappa shape index (κ1) is 26.5. The second-order valence-corrected chi connectivity index (χ2v) is 10.5. The average molecular weight is 555 g/mol. The number of nitrogens with zero attached hydrogens (tertiary/aromatic N) is 2. The highest BCUT2D eigenvalue weighted by atomic mass is 19.4. The van der Waals surface area contributed by atoms with Crippen molar-refractivity contribution in [3.63, 3.8) is 0 Å². The van der Waals surface area contributed by atoms with E-state index in [2.05, 4.69) is 10.1 Å². The first-order valence-corrected chi connectivity index (χ1v) is 13.2. The number of rotatable bonds is 7. The molecule has 206 valence electrons. The SMILES string of the molecule is Cc1noc(-c2ccc(-c3ccc(C4(C(=O)O)CC4)cc3)cc2)c1Cc1cncc(-c2ccc(C(F)(F)F)cc2)c1. The minimum Gasteiger partial charge on any atom is -0.481 e. The van der Waals surface area contributed by atoms with Gasteiger partial charge in [-0.15, -0.1) is 0 Å². The Morgan fingerprint density at radius 1 is 0.854 bits per heavy atom. The Hall–Kier alpha value is -4.72. The number of benzene rings is 3. The van der Waals surface area contributed by atoms with Crippen LogP contribution in [0.4, 0.5) is 13.2 Å². The van der Waals surface area contributed by atoms with Crippen LogP contribution in [0, 0.1) is 6.92 Å². The van der Waals surface area contributed by atoms with Crippen LogP contribution < -0.4 is 0 Å². The van der Waals surface area contributed by atoms with E-state index in [0.717, 1.165) is 56.8 Å². The van der Waals surface area contributed by atoms with Gasteiger partial charge in [-0.25, -0.2) is 0 Å². The van der Waals surface area contributed by atoms with E-state index in [1.54, 1.807) is 12.4 Å². The number of carboxylic acid groups (broad SMARTS) is 1. The Morgan fingerprint density at radius 2 is 1.41 bits per heavy atom. The number of aliphatic carboxylic acids is 1. The minimum absolute atomic E-state index is 0.487. The molecule has 5 nitrogen and oxygen atoms in total. The van der Waals surface area contributed by atoms with Gasteiger partial charge >= 0.3 is 12.1 Å². The van der Waals surface area contributed by atoms with Crippen molar-refractivity contribution >= 4 is 5.97 Å². The average Bonchev–Trinajstić information content (AvgIpc) is 3.72. The van der Waals surface area contributed by atoms with Crippen molar-refractivity contribution in [2.45, 2.75) is 37.8 Å². The van der Waals surface area contributed by atoms with Crippen LogP contribution in [0.2, 0.25) is 0 Å². The van der Waals surface area contributed by atoms with Gasteiger partial charge in [0.1, 0.15) is 0 Å². The number of pyridine rings is 1. The van der Waals surface area contributed by atoms with Crippen LogP contribution in [0.1, 0.15) is 40.8 Å². The minimum atomic E-state index is -4.38. The third kappa shape index (κ3) is 5.13. The summed E-state index contributed by atoms with van der Waals surface area (Å²) in [6, 6.07) is 22.6. The van der Waals surface area contributed by atoms with Crippen LogP contribution in [-0.2, 0) is 22.8 Å². The molecule has 5 aromatic rings. The van der Waals surface area contributed by atoms with Crippen molar-refractivity contribution in [3.05, 3.63) is 119 Å². The quantitative estimate of drug-likeness (QED) is 0.220. The van der Waals surface area contributed by atoms with Gasteiger partial charge in [0.15, 0.2) is 5.76 Å². The van der Waals surface area contributed by atoms with Crippen molar-refractivity contribution in [3.8, 4) is 33.6 Å². The van der Waals surface area contributed by atoms with Crippen molar-refractivity contribution in [1.29, 1.82) is 0 Å². The molecule has 1 saturated carbocycles. The number of hydrogen-bond donors (Lipinski definition) is 1. The summed E-state index contributed by atoms with van der Waals surface area (Å²) in [5, 5.41) is 13.7. The normalized spacial score (nSPS) is 14.1. The highest BCUT2D eigenvalue weighted by Crippen LogP contribution is 2.48. The monoisotopic (exact) mass is 554 g/mol. The molecule has 0 radical (unpaired) electrons. The lowest BCUT2D eigenvalue weighted by Gasteiger charge is -2.11. The number of aromatic nitrogens is 2. The van der Waals surface area contributed by atoms with Crippen LogP contribution in [0.25, 0.3) is 33.6 Å². The van der Waals surface area contributed by atoms with Crippen molar-refractivity contribution in [2.24, 2.45) is 0 Å². The van der Waals surface area contributed by atoms with Gasteiger partial charge in [-0.1, -0.05) is 65.8 Å². The van der Waals surface area contributed by atoms with Gasteiger partial charge in [0, 0.05) is 35.5 Å². The third-order valence-corrected chi connectivity index (χ3v) is 7.78. The maximum Gasteiger partial charge on any atom is 0.416 e. The molecule has 0 amide bonds. The molecule has 3 aromatic carbocycles. The fourth-order valence-electron chi connectivity index (χ4n) is 5.17. The van der Waals surface area contributed by atoms with Crippen LogP contribution in [0.3, 0.4) is 0 Å². The van der Waals surface area contributed by atoms with E-state index >= 15 is 0 Å². The van der Waals surface area contributed by atoms with Gasteiger partial charge in [-0.3, -0.25) is 9.78 Å². The first-order chi connectivity index (χ1) is 19.6. The molecule has 0 unspecified atom stereocenters. The molecule has 1 fully saturated rings. The molecule has 2 heterocycles. The summed E-state index contributed by atoms with van der Waals surface area (Å²) in [5.74, 6) is -0.128. The molecule has 0 atom stereocenters. The Balaban J connectivity index is 1.22. The molecule has 0 spiro atoms. The van der Waals surface area contributed by atoms with Crippen molar-refractivity contribution in [1.82, 2.24) is 10.1 Å². The Kier molecular flexibility index (Phi) is 6.49. The lowest BCUT2D eigenvalue weighted by Crippen LogP contribution is -2.19. The molecule has 1 aliphatic rings. The standard InChI is InChI=1S/C33H25F3N2O3/c1-20-29(17-21-16-26(19-37-18-21)24-8-12-28(13-9-24)33(34,35)36)30(41-38-20)25-4-2-22(3-5-25)23-6-10-27(11-7-23)32(14-15-32)31(39)40/h2-13,16,18-19H,14-15,17H2,1H3,(H,39,40). The molecule has 1 aliphatic carbocycles. The zero-order valence-electron chi connectivity index (χ0n) is 22.1. The van der Waals surface area contributed by atoms with Crippen molar-refractivity contribution in [2.75, 3.05) is 0 Å². The van der Waals surface area contributed by atoms with Crippen LogP contribution >= 0.6 is 0 Å². The number of halogens is 3. The van der Waals surface area contributed by atoms with E-state index in [0.29, 0.717) is 30.6 Å². The zero-order valence-corrected chi connectivity index (χ0v) is 22.1. The summed E-state index contributed by atoms with van der Waals surface area (Å²) in [6.07, 6.45) is 0.804. The number of alkyl halides is 3. The largest absolute Gasteiger partial charge is 0.481 e. The molecule has 0 aliphatic heterocycles. The highest BCUT2D eigenvalue weighted by Gasteiger charge is 2.51. The molecule has 1 N–H and O–H groups in total. The Morgan fingerprint density at radius 3 is 2.00 bits per heavy atom. The summed E-state index contributed by atoms with van der Waals surface area (Å²) >= 11 is 0. The van der Waals surface area contributed by atoms with Gasteiger partial charge in [0.25, 0.3) is 0 Å². The zero-order chi connectivity index (χ0) is 28.8. The topological polar surface area (TPSA) is 76.2 Å². The summed E-state index contributed by atoms with van der Waals surface area (Å²) in [4.78, 5) is 15.9. The highest BCUT2D eigenvalue weighted by molar-refractivity contribution is 5.85. The fourth-order valence-corrected chi connectivity index (χ4v) is 5.17. The second kappa shape index (κ2) is 10.0. The molecule has 8 heteroatoms. The maximum absolute atomic E-state index is 13.0. The summed E-state index contributed by atoms with van der Waals surface area (Å²) in [6.45, 7) is 1.87. The summed E-state index contributed by atoms with van der Waals surface area (Å²) < 4.78 is 44.6. The van der Waals surface area contributed by atoms with Crippen LogP contribution in [-0.4, -0.2) is 21.2 Å². The molecular weight excluding hydrogens is 529 g/mol. The van der Waals surface area contributed by atoms with Gasteiger partial charge < -0.3 is 9.63 Å². The third-order valence-electron chi connectivity index (χ3n) is 7.78. The lowest BCUT2D eigenvalue weighted by atomic mass is 9.93. The smallest absolute Gasteiger partial charge is 0.416 e. The van der Waals surface area contributed by atoms with E-state index < -0.39 is 23.1 Å². The second-order valence-electron chi connectivity index (χ2n) is 10.5. The fraction of sp³-hybridized carbons (Fsp3) is 0.182. The van der Waals surface area contributed by atoms with E-state index in [1.165, 1.54) is 12.1 Å². The van der Waals surface area contributed by atoms with E-state index in [1.807, 2.05) is 61.5 Å². The van der Waals surface area contributed by atoms with Crippen LogP contribution in [0.15, 0.2) is 95.8 Å². The number of aryl methyl sites for hydroxylation is 1. The summed E-state index contributed by atoms with van der Waals surface area (Å²) in [7, 11) is 0. The molecule has 2 aromatic heterocycles. The van der Waals surface area contributed by atoms with Gasteiger partial charge in [0.2, 0.25) is 0 Å². The molecule has 41 heavy (non-hydrogen) atoms. The Labute approximate surface area is 234 Å². The van der Waals surface area contributed by atoms with E-state index in [9.17, 15) is 23.1 Å². The number of carboxylic acids is 1. The van der Waals surface area contributed by atoms with Crippen LogP contribution in [0.5, 0.6) is 0 Å². The first-order valence-electron chi connectivity index (χ1n) is 13.2. The van der Waals surface area contributed by atoms with Gasteiger partial charge in [0.05, 0.1) is 16.7 Å². The van der Waals surface area contributed by atoms with E-state index in [4.69, 9.17) is 4.52 Å². The van der Waals surface area contributed by atoms with Gasteiger partial charge in [-0.05, 0) is 65.8 Å². The number of carbonyl (C=O) groups is 1. The predicted octanol–water partition coefficient (Wildman–Crippen LogP) is 8.10. The molecule has 6 rings (SSSR count). The summed E-state index contributed by atoms with van der Waals surface area (Å²) in [5.41, 5.74) is 6.14. The van der Waals surface area contributed by atoms with Crippen molar-refractivity contribution < 1.29 is 27.6 Å². The number of hydrogen-bond acceptors (Lipinski definition) is 4.